The second kappa shape index (κ2) is 9.09. The van der Waals surface area contributed by atoms with Crippen molar-refractivity contribution in [3.8, 4) is 11.5 Å². The average Bonchev–Trinajstić information content (AvgIpc) is 3.16. The van der Waals surface area contributed by atoms with Crippen molar-refractivity contribution in [1.29, 1.82) is 0 Å². The molecule has 33 heavy (non-hydrogen) atoms. The number of benzene rings is 3. The maximum Gasteiger partial charge on any atom is 0.363 e. The predicted molar refractivity (Wildman–Crippen MR) is 124 cm³/mol. The molecule has 168 valence electrons. The van der Waals surface area contributed by atoms with Crippen LogP contribution in [0.5, 0.6) is 11.5 Å². The lowest BCUT2D eigenvalue weighted by Gasteiger charge is -2.13. The minimum Gasteiger partial charge on any atom is -0.493 e. The molecule has 4 rings (SSSR count). The first-order valence-corrected chi connectivity index (χ1v) is 11.5. The normalized spacial score (nSPS) is 14.7. The molecule has 7 nitrogen and oxygen atoms in total. The Morgan fingerprint density at radius 3 is 2.48 bits per heavy atom. The van der Waals surface area contributed by atoms with Gasteiger partial charge in [-0.15, -0.1) is 0 Å². The highest BCUT2D eigenvalue weighted by molar-refractivity contribution is 7.87. The standard InChI is InChI=1S/C24H18ClNO6S/c1-15-7-6-8-17(11-15)23-26-20(24(27)31-23)13-16-12-19(25)22(21(14-16)30-2)32-33(28,29)18-9-4-3-5-10-18/h3-14H,1-2H3/b20-13+. The molecule has 1 aliphatic heterocycles. The third-order valence-corrected chi connectivity index (χ3v) is 6.18. The number of halogens is 1. The summed E-state index contributed by atoms with van der Waals surface area (Å²) in [5, 5.41) is -0.0186. The molecule has 0 saturated heterocycles. The van der Waals surface area contributed by atoms with Crippen LogP contribution in [0, 0.1) is 6.92 Å². The van der Waals surface area contributed by atoms with E-state index in [1.54, 1.807) is 24.3 Å². The Labute approximate surface area is 196 Å². The Kier molecular flexibility index (Phi) is 6.22. The van der Waals surface area contributed by atoms with Gasteiger partial charge in [-0.3, -0.25) is 0 Å². The van der Waals surface area contributed by atoms with Crippen LogP contribution < -0.4 is 8.92 Å². The minimum atomic E-state index is -4.13. The van der Waals surface area contributed by atoms with Gasteiger partial charge in [0.1, 0.15) is 4.90 Å². The van der Waals surface area contributed by atoms with Gasteiger partial charge in [-0.05, 0) is 55.0 Å². The second-order valence-electron chi connectivity index (χ2n) is 7.09. The zero-order chi connectivity index (χ0) is 23.6. The summed E-state index contributed by atoms with van der Waals surface area (Å²) in [5.41, 5.74) is 2.19. The molecule has 0 atom stereocenters. The summed E-state index contributed by atoms with van der Waals surface area (Å²) < 4.78 is 41.0. The number of cyclic esters (lactones) is 1. The van der Waals surface area contributed by atoms with Gasteiger partial charge in [0, 0.05) is 5.56 Å². The molecule has 9 heteroatoms. The van der Waals surface area contributed by atoms with Gasteiger partial charge in [-0.25, -0.2) is 9.79 Å². The third kappa shape index (κ3) is 4.92. The van der Waals surface area contributed by atoms with E-state index in [1.807, 2.05) is 25.1 Å². The second-order valence-corrected chi connectivity index (χ2v) is 9.04. The van der Waals surface area contributed by atoms with Gasteiger partial charge in [0.25, 0.3) is 0 Å². The molecule has 0 saturated carbocycles. The molecule has 0 radical (unpaired) electrons. The Hall–Kier alpha value is -3.62. The van der Waals surface area contributed by atoms with Crippen molar-refractivity contribution in [3.63, 3.8) is 0 Å². The van der Waals surface area contributed by atoms with E-state index < -0.39 is 16.1 Å². The number of nitrogens with zero attached hydrogens (tertiary/aromatic N) is 1. The maximum atomic E-state index is 12.6. The van der Waals surface area contributed by atoms with E-state index in [-0.39, 0.29) is 33.0 Å². The summed E-state index contributed by atoms with van der Waals surface area (Å²) in [7, 11) is -2.78. The molecule has 3 aromatic rings. The number of rotatable bonds is 6. The summed E-state index contributed by atoms with van der Waals surface area (Å²) >= 11 is 6.32. The number of ether oxygens (including phenoxy) is 2. The quantitative estimate of drug-likeness (QED) is 0.285. The number of hydrogen-bond acceptors (Lipinski definition) is 7. The number of esters is 1. The van der Waals surface area contributed by atoms with E-state index >= 15 is 0 Å². The zero-order valence-electron chi connectivity index (χ0n) is 17.6. The lowest BCUT2D eigenvalue weighted by atomic mass is 10.1. The molecule has 1 heterocycles. The van der Waals surface area contributed by atoms with Crippen LogP contribution in [-0.4, -0.2) is 27.4 Å². The maximum absolute atomic E-state index is 12.6. The first kappa shape index (κ1) is 22.6. The molecule has 0 fully saturated rings. The van der Waals surface area contributed by atoms with Crippen LogP contribution in [0.3, 0.4) is 0 Å². The summed E-state index contributed by atoms with van der Waals surface area (Å²) in [6, 6.07) is 18.0. The van der Waals surface area contributed by atoms with Crippen molar-refractivity contribution in [2.24, 2.45) is 4.99 Å². The fourth-order valence-corrected chi connectivity index (χ4v) is 4.40. The highest BCUT2D eigenvalue weighted by atomic mass is 35.5. The molecule has 0 aliphatic carbocycles. The highest BCUT2D eigenvalue weighted by Gasteiger charge is 2.25. The van der Waals surface area contributed by atoms with Gasteiger partial charge in [0.15, 0.2) is 11.4 Å². The van der Waals surface area contributed by atoms with Crippen LogP contribution in [0.4, 0.5) is 0 Å². The van der Waals surface area contributed by atoms with Gasteiger partial charge < -0.3 is 13.7 Å². The van der Waals surface area contributed by atoms with Crippen LogP contribution in [0.2, 0.25) is 5.02 Å². The number of methoxy groups -OCH3 is 1. The van der Waals surface area contributed by atoms with Crippen LogP contribution in [0.15, 0.2) is 82.3 Å². The molecule has 3 aromatic carbocycles. The molecular weight excluding hydrogens is 466 g/mol. The van der Waals surface area contributed by atoms with E-state index in [4.69, 9.17) is 25.3 Å². The first-order valence-electron chi connectivity index (χ1n) is 9.73. The van der Waals surface area contributed by atoms with Gasteiger partial charge in [-0.1, -0.05) is 47.5 Å². The predicted octanol–water partition coefficient (Wildman–Crippen LogP) is 4.77. The molecular formula is C24H18ClNO6S. The summed E-state index contributed by atoms with van der Waals surface area (Å²) in [5.74, 6) is -0.512. The topological polar surface area (TPSA) is 91.3 Å². The van der Waals surface area contributed by atoms with Gasteiger partial charge in [0.05, 0.1) is 12.1 Å². The molecule has 0 bridgehead atoms. The fraction of sp³-hybridized carbons (Fsp3) is 0.0833. The first-order chi connectivity index (χ1) is 15.8. The lowest BCUT2D eigenvalue weighted by Crippen LogP contribution is -2.10. The summed E-state index contributed by atoms with van der Waals surface area (Å²) in [6.45, 7) is 1.92. The smallest absolute Gasteiger partial charge is 0.363 e. The average molecular weight is 484 g/mol. The Morgan fingerprint density at radius 1 is 1.03 bits per heavy atom. The largest absolute Gasteiger partial charge is 0.493 e. The van der Waals surface area contributed by atoms with Crippen LogP contribution in [-0.2, 0) is 19.6 Å². The Morgan fingerprint density at radius 2 is 1.79 bits per heavy atom. The van der Waals surface area contributed by atoms with Crippen molar-refractivity contribution in [3.05, 3.63) is 94.1 Å². The van der Waals surface area contributed by atoms with Gasteiger partial charge >= 0.3 is 16.1 Å². The molecule has 0 spiro atoms. The van der Waals surface area contributed by atoms with Crippen molar-refractivity contribution in [1.82, 2.24) is 0 Å². The lowest BCUT2D eigenvalue weighted by molar-refractivity contribution is -0.129. The van der Waals surface area contributed by atoms with Crippen LogP contribution in [0.1, 0.15) is 16.7 Å². The fourth-order valence-electron chi connectivity index (χ4n) is 3.12. The number of carbonyl (C=O) groups excluding carboxylic acids is 1. The van der Waals surface area contributed by atoms with E-state index in [0.717, 1.165) is 5.56 Å². The Balaban J connectivity index is 1.67. The van der Waals surface area contributed by atoms with E-state index in [0.29, 0.717) is 11.1 Å². The minimum absolute atomic E-state index is 0.0186. The molecule has 1 aliphatic rings. The molecule has 0 unspecified atom stereocenters. The zero-order valence-corrected chi connectivity index (χ0v) is 19.2. The van der Waals surface area contributed by atoms with E-state index in [2.05, 4.69) is 4.99 Å². The van der Waals surface area contributed by atoms with Gasteiger partial charge in [0.2, 0.25) is 11.6 Å². The number of aliphatic imine (C=N–C) groups is 1. The van der Waals surface area contributed by atoms with Gasteiger partial charge in [-0.2, -0.15) is 8.42 Å². The van der Waals surface area contributed by atoms with Crippen molar-refractivity contribution >= 4 is 39.7 Å². The van der Waals surface area contributed by atoms with Crippen molar-refractivity contribution in [2.75, 3.05) is 7.11 Å². The Bertz CT molecular complexity index is 1400. The summed E-state index contributed by atoms with van der Waals surface area (Å²) in [6.07, 6.45) is 1.47. The number of hydrogen-bond donors (Lipinski definition) is 0. The molecule has 0 N–H and O–H groups in total. The van der Waals surface area contributed by atoms with Crippen LogP contribution in [0.25, 0.3) is 6.08 Å². The monoisotopic (exact) mass is 483 g/mol. The highest BCUT2D eigenvalue weighted by Crippen LogP contribution is 2.39. The number of carbonyl (C=O) groups is 1. The number of aryl methyl sites for hydroxylation is 1. The van der Waals surface area contributed by atoms with Crippen LogP contribution >= 0.6 is 11.6 Å². The SMILES string of the molecule is COc1cc(/C=C2/N=C(c3cccc(C)c3)OC2=O)cc(Cl)c1OS(=O)(=O)c1ccccc1. The summed E-state index contributed by atoms with van der Waals surface area (Å²) in [4.78, 5) is 16.6. The molecule has 0 amide bonds. The van der Waals surface area contributed by atoms with E-state index in [1.165, 1.54) is 37.5 Å². The van der Waals surface area contributed by atoms with Crippen molar-refractivity contribution in [2.45, 2.75) is 11.8 Å². The van der Waals surface area contributed by atoms with E-state index in [9.17, 15) is 13.2 Å². The molecule has 0 aromatic heterocycles. The van der Waals surface area contributed by atoms with Crippen molar-refractivity contribution < 1.29 is 26.9 Å². The third-order valence-electron chi connectivity index (χ3n) is 4.67.